The van der Waals surface area contributed by atoms with Crippen LogP contribution < -0.4 is 45.8 Å². The first-order valence-electron chi connectivity index (χ1n) is 18.8. The Morgan fingerprint density at radius 1 is 1.04 bits per heavy atom. The van der Waals surface area contributed by atoms with Crippen LogP contribution in [0.2, 0.25) is 0 Å². The summed E-state index contributed by atoms with van der Waals surface area (Å²) in [6.45, 7) is 1.72. The van der Waals surface area contributed by atoms with E-state index in [9.17, 15) is 28.3 Å². The van der Waals surface area contributed by atoms with Crippen molar-refractivity contribution in [1.29, 1.82) is 0 Å². The van der Waals surface area contributed by atoms with E-state index in [1.54, 1.807) is 30.3 Å². The van der Waals surface area contributed by atoms with Gasteiger partial charge in [-0.3, -0.25) is 0 Å². The zero-order chi connectivity index (χ0) is 38.2. The molecule has 0 amide bonds. The van der Waals surface area contributed by atoms with E-state index in [0.717, 1.165) is 22.3 Å². The molecule has 55 heavy (non-hydrogen) atoms. The van der Waals surface area contributed by atoms with Gasteiger partial charge < -0.3 is 40.8 Å². The molecule has 6 aliphatic heterocycles. The molecule has 8 bridgehead atoms. The maximum absolute atomic E-state index is 13.6. The van der Waals surface area contributed by atoms with Crippen LogP contribution in [0.3, 0.4) is 0 Å². The minimum atomic E-state index is -4.86. The predicted octanol–water partition coefficient (Wildman–Crippen LogP) is 2.03. The van der Waals surface area contributed by atoms with Crippen LogP contribution in [-0.4, -0.2) is 58.8 Å². The molecule has 0 spiro atoms. The number of phenols is 1. The molecule has 9 atom stereocenters. The number of fused-ring (bicyclic) bond motifs is 7. The van der Waals surface area contributed by atoms with Crippen LogP contribution in [-0.2, 0) is 20.6 Å². The molecule has 7 N–H and O–H groups in total. The van der Waals surface area contributed by atoms with Gasteiger partial charge in [0, 0.05) is 48.7 Å². The molecule has 10 rings (SSSR count). The summed E-state index contributed by atoms with van der Waals surface area (Å²) in [6.07, 6.45) is 3.67. The fraction of sp³-hybridized carbons (Fsp3) is 0.452. The summed E-state index contributed by atoms with van der Waals surface area (Å²) in [5, 5.41) is 29.6. The Kier molecular flexibility index (Phi) is 12.8. The monoisotopic (exact) mass is 777 g/mol. The van der Waals surface area contributed by atoms with Crippen molar-refractivity contribution in [1.82, 2.24) is 0 Å². The smallest absolute Gasteiger partial charge is 0.748 e. The molecule has 9 unspecified atom stereocenters. The number of ether oxygens (including phenoxy) is 2. The molecular weight excluding hydrogens is 730 g/mol. The number of aliphatic hydroxyl groups is 2. The summed E-state index contributed by atoms with van der Waals surface area (Å²) in [6, 6.07) is 20.0. The van der Waals surface area contributed by atoms with E-state index < -0.39 is 45.1 Å². The first-order chi connectivity index (χ1) is 25.9. The number of phenolic OH excluding ortho intramolecular Hbond substituents is 1. The van der Waals surface area contributed by atoms with Crippen LogP contribution in [0.5, 0.6) is 11.5 Å². The standard InChI is InChI=1S/C42H49N3O8S.Na/c1-2-25-23-38(54(49,50)51)36-21-31-19-30(22-37-29(24-47)6-3-5-28-20-33(48)13-16-35(28)40(31)52-37)39(36)27-7-11-32(12-8-27)42(17-4-18-46,45-41(43)44)53-34-14-9-26(25)10-15-34;/h7-16,20-21,25,29-30,36-40,46-48H,2,4,6,17-19,22-24H2,1H3,(H4,43,44,45)(H,49,50,51);/q;+1/p-1. The SMILES string of the molecule is CCC1CC(S(=O)(=O)[O-])C2C=C3CC(CC4OC3c3ccc(O)cc3C#CCC4CO)C2c2ccc(cc2)C(CCCO)(N=C(N)N)Oc2ccc1cc2.[Na+]. The maximum Gasteiger partial charge on any atom is 1.00 e. The van der Waals surface area contributed by atoms with Crippen LogP contribution in [0.4, 0.5) is 0 Å². The molecule has 11 nitrogen and oxygen atoms in total. The summed E-state index contributed by atoms with van der Waals surface area (Å²) in [4.78, 5) is 4.61. The van der Waals surface area contributed by atoms with E-state index in [1.807, 2.05) is 49.4 Å². The number of benzene rings is 3. The molecule has 3 aromatic rings. The number of nitrogens with two attached hydrogens (primary N) is 2. The zero-order valence-corrected chi connectivity index (χ0v) is 34.1. The van der Waals surface area contributed by atoms with Gasteiger partial charge in [0.2, 0.25) is 5.72 Å². The molecule has 6 heterocycles. The van der Waals surface area contributed by atoms with Gasteiger partial charge in [0.1, 0.15) is 17.6 Å². The third kappa shape index (κ3) is 8.50. The minimum Gasteiger partial charge on any atom is -0.748 e. The van der Waals surface area contributed by atoms with Crippen LogP contribution in [0.15, 0.2) is 83.4 Å². The topological polar surface area (TPSA) is 201 Å². The molecule has 286 valence electrons. The van der Waals surface area contributed by atoms with E-state index in [2.05, 4.69) is 16.8 Å². The molecule has 0 radical (unpaired) electrons. The van der Waals surface area contributed by atoms with E-state index in [1.165, 1.54) is 0 Å². The Morgan fingerprint density at radius 2 is 1.76 bits per heavy atom. The average molecular weight is 778 g/mol. The number of hydrogen-bond donors (Lipinski definition) is 5. The van der Waals surface area contributed by atoms with Crippen LogP contribution in [0.1, 0.15) is 97.6 Å². The first-order valence-corrected chi connectivity index (χ1v) is 20.2. The third-order valence-corrected chi connectivity index (χ3v) is 13.1. The van der Waals surface area contributed by atoms with E-state index in [0.29, 0.717) is 49.0 Å². The van der Waals surface area contributed by atoms with Crippen LogP contribution in [0, 0.1) is 29.6 Å². The molecule has 1 fully saturated rings. The molecule has 13 heteroatoms. The van der Waals surface area contributed by atoms with Gasteiger partial charge in [-0.2, -0.15) is 0 Å². The van der Waals surface area contributed by atoms with Crippen molar-refractivity contribution in [3.63, 3.8) is 0 Å². The summed E-state index contributed by atoms with van der Waals surface area (Å²) in [7, 11) is -4.86. The Hall–Kier alpha value is -3.38. The Labute approximate surface area is 345 Å². The molecule has 0 saturated carbocycles. The molecule has 1 saturated heterocycles. The van der Waals surface area contributed by atoms with Gasteiger partial charge in [-0.1, -0.05) is 67.3 Å². The largest absolute Gasteiger partial charge is 1.00 e. The molecule has 1 aliphatic carbocycles. The molecular formula is C42H48N3NaO8S. The van der Waals surface area contributed by atoms with Crippen molar-refractivity contribution in [2.75, 3.05) is 13.2 Å². The fourth-order valence-electron chi connectivity index (χ4n) is 9.26. The normalized spacial score (nSPS) is 29.6. The van der Waals surface area contributed by atoms with Crippen molar-refractivity contribution >= 4 is 16.1 Å². The van der Waals surface area contributed by atoms with Gasteiger partial charge in [0.25, 0.3) is 0 Å². The third-order valence-electron chi connectivity index (χ3n) is 11.9. The number of aliphatic hydroxyl groups excluding tert-OH is 2. The first kappa shape index (κ1) is 41.3. The second-order valence-electron chi connectivity index (χ2n) is 15.1. The number of aliphatic imine (C=N–C) groups is 1. The Morgan fingerprint density at radius 3 is 2.42 bits per heavy atom. The van der Waals surface area contributed by atoms with Crippen molar-refractivity contribution in [2.24, 2.45) is 34.2 Å². The number of allylic oxidation sites excluding steroid dienone is 1. The Balaban J connectivity index is 0.00000514. The number of guanidine groups is 1. The number of aromatic hydroxyl groups is 1. The minimum absolute atomic E-state index is 0. The summed E-state index contributed by atoms with van der Waals surface area (Å²) >= 11 is 0. The van der Waals surface area contributed by atoms with Crippen molar-refractivity contribution in [3.8, 4) is 23.3 Å². The van der Waals surface area contributed by atoms with Crippen LogP contribution >= 0.6 is 0 Å². The maximum atomic E-state index is 13.6. The van der Waals surface area contributed by atoms with Gasteiger partial charge in [-0.25, -0.2) is 13.4 Å². The van der Waals surface area contributed by atoms with Gasteiger partial charge in [-0.05, 0) is 96.7 Å². The summed E-state index contributed by atoms with van der Waals surface area (Å²) in [5.74, 6) is 4.88. The van der Waals surface area contributed by atoms with E-state index in [-0.39, 0.29) is 85.1 Å². The second-order valence-corrected chi connectivity index (χ2v) is 16.7. The van der Waals surface area contributed by atoms with Gasteiger partial charge in [0.05, 0.1) is 21.5 Å². The fourth-order valence-corrected chi connectivity index (χ4v) is 10.4. The predicted molar refractivity (Wildman–Crippen MR) is 203 cm³/mol. The van der Waals surface area contributed by atoms with E-state index >= 15 is 0 Å². The Bertz CT molecular complexity index is 2080. The number of rotatable bonds is 7. The summed E-state index contributed by atoms with van der Waals surface area (Å²) in [5.41, 5.74) is 15.2. The van der Waals surface area contributed by atoms with Crippen LogP contribution in [0.25, 0.3) is 0 Å². The van der Waals surface area contributed by atoms with Gasteiger partial charge in [0.15, 0.2) is 5.96 Å². The molecule has 7 aliphatic rings. The van der Waals surface area contributed by atoms with Gasteiger partial charge in [-0.15, -0.1) is 0 Å². The number of nitrogens with zero attached hydrogens (tertiary/aromatic N) is 1. The molecule has 0 aromatic heterocycles. The van der Waals surface area contributed by atoms with E-state index in [4.69, 9.17) is 20.9 Å². The van der Waals surface area contributed by atoms with Crippen molar-refractivity contribution < 1.29 is 67.3 Å². The zero-order valence-electron chi connectivity index (χ0n) is 31.3. The molecule has 3 aromatic carbocycles. The van der Waals surface area contributed by atoms with Gasteiger partial charge >= 0.3 is 29.6 Å². The average Bonchev–Trinajstić information content (AvgIpc) is 3.23. The number of hydrogen-bond acceptors (Lipinski definition) is 9. The van der Waals surface area contributed by atoms with Crippen molar-refractivity contribution in [3.05, 3.63) is 106 Å². The van der Waals surface area contributed by atoms with Crippen molar-refractivity contribution in [2.45, 2.75) is 86.9 Å². The quantitative estimate of drug-likeness (QED) is 0.0591. The second kappa shape index (κ2) is 17.0. The summed E-state index contributed by atoms with van der Waals surface area (Å²) < 4.78 is 54.5.